The first-order chi connectivity index (χ1) is 13.2. The molecule has 1 aliphatic rings. The molecular weight excluding hydrogens is 414 g/mol. The van der Waals surface area contributed by atoms with E-state index in [1.54, 1.807) is 6.08 Å². The number of nitrogens with zero attached hydrogens (tertiary/aromatic N) is 2. The van der Waals surface area contributed by atoms with Gasteiger partial charge < -0.3 is 19.3 Å². The van der Waals surface area contributed by atoms with Crippen LogP contribution in [0.5, 0.6) is 11.5 Å². The summed E-state index contributed by atoms with van der Waals surface area (Å²) in [4.78, 5) is 16.3. The summed E-state index contributed by atoms with van der Waals surface area (Å²) < 4.78 is 16.7. The topological polar surface area (TPSA) is 86.5 Å². The minimum atomic E-state index is -0.269. The molecule has 0 saturated carbocycles. The van der Waals surface area contributed by atoms with Crippen LogP contribution in [0.1, 0.15) is 11.5 Å². The van der Waals surface area contributed by atoms with E-state index in [-0.39, 0.29) is 19.2 Å². The highest BCUT2D eigenvalue weighted by Crippen LogP contribution is 2.32. The van der Waals surface area contributed by atoms with Crippen molar-refractivity contribution < 1.29 is 18.8 Å². The van der Waals surface area contributed by atoms with Crippen LogP contribution in [0.2, 0.25) is 0 Å². The second-order valence-electron chi connectivity index (χ2n) is 5.69. The first-order valence-electron chi connectivity index (χ1n) is 8.11. The molecule has 0 spiro atoms. The Morgan fingerprint density at radius 2 is 2.07 bits per heavy atom. The van der Waals surface area contributed by atoms with Gasteiger partial charge in [-0.25, -0.2) is 0 Å². The highest BCUT2D eigenvalue weighted by Gasteiger charge is 2.12. The van der Waals surface area contributed by atoms with Crippen LogP contribution >= 0.6 is 15.9 Å². The van der Waals surface area contributed by atoms with E-state index >= 15 is 0 Å². The molecule has 8 heteroatoms. The first-order valence-corrected chi connectivity index (χ1v) is 8.91. The van der Waals surface area contributed by atoms with Gasteiger partial charge in [0.1, 0.15) is 0 Å². The van der Waals surface area contributed by atoms with Crippen LogP contribution in [0.15, 0.2) is 57.5 Å². The molecule has 2 heterocycles. The second kappa shape index (κ2) is 7.63. The minimum absolute atomic E-state index is 0.144. The van der Waals surface area contributed by atoms with E-state index in [4.69, 9.17) is 14.0 Å². The number of nitrogens with one attached hydrogen (secondary N) is 1. The zero-order valence-corrected chi connectivity index (χ0v) is 15.6. The number of carbonyl (C=O) groups excluding carboxylic acids is 1. The van der Waals surface area contributed by atoms with Crippen molar-refractivity contribution >= 4 is 27.9 Å². The number of amides is 1. The van der Waals surface area contributed by atoms with Crippen molar-refractivity contribution in [2.24, 2.45) is 0 Å². The lowest BCUT2D eigenvalue weighted by Crippen LogP contribution is -2.20. The summed E-state index contributed by atoms with van der Waals surface area (Å²) in [5.41, 5.74) is 1.66. The molecule has 1 N–H and O–H groups in total. The van der Waals surface area contributed by atoms with Crippen molar-refractivity contribution in [3.05, 3.63) is 64.5 Å². The summed E-state index contributed by atoms with van der Waals surface area (Å²) in [6.07, 6.45) is 3.13. The lowest BCUT2D eigenvalue weighted by Gasteiger charge is -1.99. The lowest BCUT2D eigenvalue weighted by molar-refractivity contribution is -0.116. The molecule has 0 unspecified atom stereocenters. The van der Waals surface area contributed by atoms with Gasteiger partial charge in [-0.15, -0.1) is 0 Å². The second-order valence-corrected chi connectivity index (χ2v) is 6.60. The van der Waals surface area contributed by atoms with Gasteiger partial charge in [-0.05, 0) is 35.9 Å². The third-order valence-corrected chi connectivity index (χ3v) is 4.28. The van der Waals surface area contributed by atoms with E-state index in [0.29, 0.717) is 23.2 Å². The molecule has 2 aromatic carbocycles. The maximum Gasteiger partial charge on any atom is 0.246 e. The number of fused-ring (bicyclic) bond motifs is 1. The average Bonchev–Trinajstić information content (AvgIpc) is 3.33. The SMILES string of the molecule is O=C(/C=C/c1ccc2c(c1)OCO2)NCc1nc(-c2cccc(Br)c2)no1. The van der Waals surface area contributed by atoms with Gasteiger partial charge in [0, 0.05) is 16.1 Å². The molecule has 4 rings (SSSR count). The molecule has 7 nitrogen and oxygen atoms in total. The molecule has 0 fully saturated rings. The Kier molecular flexibility index (Phi) is 4.88. The monoisotopic (exact) mass is 427 g/mol. The molecular formula is C19H14BrN3O4. The third-order valence-electron chi connectivity index (χ3n) is 3.79. The van der Waals surface area contributed by atoms with Crippen LogP contribution in [0.25, 0.3) is 17.5 Å². The predicted molar refractivity (Wildman–Crippen MR) is 101 cm³/mol. The van der Waals surface area contributed by atoms with E-state index in [1.165, 1.54) is 6.08 Å². The zero-order chi connectivity index (χ0) is 18.6. The van der Waals surface area contributed by atoms with Crippen molar-refractivity contribution in [2.45, 2.75) is 6.54 Å². The standard InChI is InChI=1S/C19H14BrN3O4/c20-14-3-1-2-13(9-14)19-22-18(27-23-19)10-21-17(24)7-5-12-4-6-15-16(8-12)26-11-25-15/h1-9H,10-11H2,(H,21,24)/b7-5+. The zero-order valence-electron chi connectivity index (χ0n) is 14.0. The summed E-state index contributed by atoms with van der Waals surface area (Å²) in [5, 5.41) is 6.64. The summed E-state index contributed by atoms with van der Waals surface area (Å²) in [6.45, 7) is 0.362. The van der Waals surface area contributed by atoms with Gasteiger partial charge >= 0.3 is 0 Å². The van der Waals surface area contributed by atoms with Crippen molar-refractivity contribution in [1.29, 1.82) is 0 Å². The Morgan fingerprint density at radius 3 is 2.96 bits per heavy atom. The fourth-order valence-corrected chi connectivity index (χ4v) is 2.88. The Hall–Kier alpha value is -3.13. The molecule has 0 radical (unpaired) electrons. The Balaban J connectivity index is 1.34. The quantitative estimate of drug-likeness (QED) is 0.626. The number of hydrogen-bond acceptors (Lipinski definition) is 6. The van der Waals surface area contributed by atoms with Crippen LogP contribution < -0.4 is 14.8 Å². The number of ether oxygens (including phenoxy) is 2. The molecule has 1 amide bonds. The highest BCUT2D eigenvalue weighted by molar-refractivity contribution is 9.10. The van der Waals surface area contributed by atoms with Gasteiger partial charge in [-0.1, -0.05) is 39.3 Å². The smallest absolute Gasteiger partial charge is 0.246 e. The van der Waals surface area contributed by atoms with E-state index in [0.717, 1.165) is 15.6 Å². The summed E-state index contributed by atoms with van der Waals surface area (Å²) in [7, 11) is 0. The van der Waals surface area contributed by atoms with Crippen LogP contribution in [0.3, 0.4) is 0 Å². The maximum absolute atomic E-state index is 12.0. The molecule has 0 aliphatic carbocycles. The normalized spacial score (nSPS) is 12.5. The minimum Gasteiger partial charge on any atom is -0.454 e. The molecule has 0 bridgehead atoms. The Morgan fingerprint density at radius 1 is 1.19 bits per heavy atom. The number of aromatic nitrogens is 2. The van der Waals surface area contributed by atoms with Gasteiger partial charge in [0.2, 0.25) is 24.4 Å². The summed E-state index contributed by atoms with van der Waals surface area (Å²) in [6, 6.07) is 13.0. The lowest BCUT2D eigenvalue weighted by atomic mass is 10.2. The summed E-state index contributed by atoms with van der Waals surface area (Å²) in [5.74, 6) is 1.90. The molecule has 27 heavy (non-hydrogen) atoms. The molecule has 1 aliphatic heterocycles. The number of hydrogen-bond donors (Lipinski definition) is 1. The van der Waals surface area contributed by atoms with E-state index in [9.17, 15) is 4.79 Å². The molecule has 1 aromatic heterocycles. The van der Waals surface area contributed by atoms with Gasteiger partial charge in [0.05, 0.1) is 6.54 Å². The molecule has 136 valence electrons. The van der Waals surface area contributed by atoms with Crippen molar-refractivity contribution in [2.75, 3.05) is 6.79 Å². The molecule has 3 aromatic rings. The highest BCUT2D eigenvalue weighted by atomic mass is 79.9. The van der Waals surface area contributed by atoms with Gasteiger partial charge in [0.15, 0.2) is 11.5 Å². The van der Waals surface area contributed by atoms with Gasteiger partial charge in [-0.3, -0.25) is 4.79 Å². The third kappa shape index (κ3) is 4.17. The van der Waals surface area contributed by atoms with Crippen molar-refractivity contribution in [3.8, 4) is 22.9 Å². The van der Waals surface area contributed by atoms with Crippen LogP contribution in [-0.4, -0.2) is 22.8 Å². The molecule has 0 atom stereocenters. The fraction of sp³-hybridized carbons (Fsp3) is 0.105. The number of halogens is 1. The average molecular weight is 428 g/mol. The van der Waals surface area contributed by atoms with Gasteiger partial charge in [-0.2, -0.15) is 4.98 Å². The largest absolute Gasteiger partial charge is 0.454 e. The molecule has 0 saturated heterocycles. The van der Waals surface area contributed by atoms with E-state index < -0.39 is 0 Å². The van der Waals surface area contributed by atoms with Gasteiger partial charge in [0.25, 0.3) is 0 Å². The predicted octanol–water partition coefficient (Wildman–Crippen LogP) is 3.56. The first kappa shape index (κ1) is 17.3. The number of rotatable bonds is 5. The Labute approximate surface area is 163 Å². The fourth-order valence-electron chi connectivity index (χ4n) is 2.48. The number of benzene rings is 2. The van der Waals surface area contributed by atoms with Crippen LogP contribution in [0, 0.1) is 0 Å². The van der Waals surface area contributed by atoms with Crippen molar-refractivity contribution in [3.63, 3.8) is 0 Å². The van der Waals surface area contributed by atoms with E-state index in [1.807, 2.05) is 42.5 Å². The van der Waals surface area contributed by atoms with Crippen LogP contribution in [-0.2, 0) is 11.3 Å². The van der Waals surface area contributed by atoms with Crippen molar-refractivity contribution in [1.82, 2.24) is 15.5 Å². The number of carbonyl (C=O) groups is 1. The maximum atomic E-state index is 12.0. The Bertz CT molecular complexity index is 1020. The van der Waals surface area contributed by atoms with Crippen LogP contribution in [0.4, 0.5) is 0 Å². The van der Waals surface area contributed by atoms with E-state index in [2.05, 4.69) is 31.4 Å². The summed E-state index contributed by atoms with van der Waals surface area (Å²) >= 11 is 3.40.